The molecule has 0 fully saturated rings. The average molecular weight is 388 g/mol. The molecule has 0 spiro atoms. The second-order valence-corrected chi connectivity index (χ2v) is 6.36. The van der Waals surface area contributed by atoms with E-state index < -0.39 is 5.97 Å². The molecule has 0 bridgehead atoms. The second kappa shape index (κ2) is 8.68. The third-order valence-corrected chi connectivity index (χ3v) is 4.41. The van der Waals surface area contributed by atoms with Crippen molar-refractivity contribution in [1.82, 2.24) is 4.90 Å². The van der Waals surface area contributed by atoms with Gasteiger partial charge in [-0.05, 0) is 37.1 Å². The van der Waals surface area contributed by atoms with Crippen molar-refractivity contribution in [3.63, 3.8) is 0 Å². The minimum Gasteiger partial charge on any atom is -0.480 e. The first-order valence-electron chi connectivity index (χ1n) is 8.56. The Morgan fingerprint density at radius 3 is 2.22 bits per heavy atom. The van der Waals surface area contributed by atoms with Crippen molar-refractivity contribution in [3.05, 3.63) is 64.7 Å². The van der Waals surface area contributed by atoms with Crippen molar-refractivity contribution in [2.45, 2.75) is 12.8 Å². The summed E-state index contributed by atoms with van der Waals surface area (Å²) >= 11 is 5.94. The van der Waals surface area contributed by atoms with Gasteiger partial charge < -0.3 is 9.47 Å². The summed E-state index contributed by atoms with van der Waals surface area (Å²) in [6.07, 6.45) is 1.08. The number of hydrogen-bond donors (Lipinski definition) is 0. The van der Waals surface area contributed by atoms with Gasteiger partial charge in [-0.2, -0.15) is 0 Å². The van der Waals surface area contributed by atoms with E-state index in [4.69, 9.17) is 21.1 Å². The van der Waals surface area contributed by atoms with Gasteiger partial charge in [-0.25, -0.2) is 4.79 Å². The number of imide groups is 1. The lowest BCUT2D eigenvalue weighted by atomic mass is 10.1. The summed E-state index contributed by atoms with van der Waals surface area (Å²) in [6.45, 7) is 0.246. The van der Waals surface area contributed by atoms with Crippen LogP contribution in [0.3, 0.4) is 0 Å². The highest BCUT2D eigenvalue weighted by Crippen LogP contribution is 2.23. The number of para-hydroxylation sites is 1. The molecule has 1 aliphatic heterocycles. The van der Waals surface area contributed by atoms with E-state index in [0.717, 1.165) is 0 Å². The van der Waals surface area contributed by atoms with Gasteiger partial charge in [0.2, 0.25) is 0 Å². The number of amides is 2. The molecule has 0 saturated heterocycles. The molecule has 2 amide bonds. The molecule has 27 heavy (non-hydrogen) atoms. The van der Waals surface area contributed by atoms with Crippen LogP contribution in [0.25, 0.3) is 0 Å². The second-order valence-electron chi connectivity index (χ2n) is 5.95. The Bertz CT molecular complexity index is 832. The molecule has 6 nitrogen and oxygen atoms in total. The lowest BCUT2D eigenvalue weighted by Crippen LogP contribution is -2.30. The van der Waals surface area contributed by atoms with E-state index >= 15 is 0 Å². The number of carbonyl (C=O) groups excluding carboxylic acids is 3. The Morgan fingerprint density at radius 1 is 0.926 bits per heavy atom. The summed E-state index contributed by atoms with van der Waals surface area (Å²) in [7, 11) is 0. The molecule has 0 radical (unpaired) electrons. The molecule has 7 heteroatoms. The van der Waals surface area contributed by atoms with E-state index in [9.17, 15) is 14.4 Å². The highest BCUT2D eigenvalue weighted by atomic mass is 35.5. The van der Waals surface area contributed by atoms with Crippen molar-refractivity contribution in [2.24, 2.45) is 0 Å². The van der Waals surface area contributed by atoms with Crippen LogP contribution in [-0.2, 0) is 9.53 Å². The van der Waals surface area contributed by atoms with Gasteiger partial charge in [0, 0.05) is 6.54 Å². The van der Waals surface area contributed by atoms with Crippen LogP contribution < -0.4 is 4.74 Å². The van der Waals surface area contributed by atoms with Crippen LogP contribution in [0.4, 0.5) is 0 Å². The summed E-state index contributed by atoms with van der Waals surface area (Å²) in [5.74, 6) is -0.640. The van der Waals surface area contributed by atoms with Crippen LogP contribution in [0.1, 0.15) is 33.6 Å². The van der Waals surface area contributed by atoms with Crippen molar-refractivity contribution in [1.29, 1.82) is 0 Å². The van der Waals surface area contributed by atoms with Gasteiger partial charge >= 0.3 is 5.97 Å². The summed E-state index contributed by atoms with van der Waals surface area (Å²) in [4.78, 5) is 37.4. The van der Waals surface area contributed by atoms with Gasteiger partial charge in [0.15, 0.2) is 6.61 Å². The van der Waals surface area contributed by atoms with Crippen LogP contribution in [0, 0.1) is 0 Å². The number of hydrogen-bond acceptors (Lipinski definition) is 5. The first kappa shape index (κ1) is 18.9. The minimum atomic E-state index is -0.504. The Labute approximate surface area is 161 Å². The van der Waals surface area contributed by atoms with Crippen molar-refractivity contribution < 1.29 is 23.9 Å². The molecular weight excluding hydrogens is 370 g/mol. The first-order chi connectivity index (χ1) is 13.1. The van der Waals surface area contributed by atoms with Crippen molar-refractivity contribution >= 4 is 29.4 Å². The third kappa shape index (κ3) is 4.46. The molecule has 140 valence electrons. The summed E-state index contributed by atoms with van der Waals surface area (Å²) in [6, 6.07) is 13.6. The summed E-state index contributed by atoms with van der Waals surface area (Å²) in [5.41, 5.74) is 0.872. The zero-order chi connectivity index (χ0) is 19.2. The molecule has 0 atom stereocenters. The Morgan fingerprint density at radius 2 is 1.56 bits per heavy atom. The molecule has 2 aromatic carbocycles. The SMILES string of the molecule is O=C(COc1ccccc1Cl)OCCCCN1C(=O)c2ccccc2C1=O. The normalized spacial score (nSPS) is 12.9. The van der Waals surface area contributed by atoms with Crippen molar-refractivity contribution in [2.75, 3.05) is 19.8 Å². The zero-order valence-corrected chi connectivity index (χ0v) is 15.3. The van der Waals surface area contributed by atoms with Crippen LogP contribution in [0.5, 0.6) is 5.75 Å². The molecule has 0 N–H and O–H groups in total. The van der Waals surface area contributed by atoms with Gasteiger partial charge in [-0.1, -0.05) is 35.9 Å². The lowest BCUT2D eigenvalue weighted by molar-refractivity contribution is -0.146. The van der Waals surface area contributed by atoms with Crippen LogP contribution in [-0.4, -0.2) is 42.4 Å². The zero-order valence-electron chi connectivity index (χ0n) is 14.5. The quantitative estimate of drug-likeness (QED) is 0.394. The van der Waals surface area contributed by atoms with E-state index in [1.54, 1.807) is 48.5 Å². The highest BCUT2D eigenvalue weighted by Gasteiger charge is 2.34. The standard InChI is InChI=1S/C20H18ClNO5/c21-16-9-3-4-10-17(16)27-13-18(23)26-12-6-5-11-22-19(24)14-7-1-2-8-15(14)20(22)25/h1-4,7-10H,5-6,11-13H2. The predicted molar refractivity (Wildman–Crippen MR) is 98.9 cm³/mol. The molecule has 2 aromatic rings. The van der Waals surface area contributed by atoms with Gasteiger partial charge in [0.1, 0.15) is 5.75 Å². The smallest absolute Gasteiger partial charge is 0.344 e. The molecule has 1 aliphatic rings. The number of fused-ring (bicyclic) bond motifs is 1. The van der Waals surface area contributed by atoms with Gasteiger partial charge in [0.25, 0.3) is 11.8 Å². The number of esters is 1. The van der Waals surface area contributed by atoms with E-state index in [2.05, 4.69) is 0 Å². The lowest BCUT2D eigenvalue weighted by Gasteiger charge is -2.13. The molecule has 1 heterocycles. The number of unbranched alkanes of at least 4 members (excludes halogenated alkanes) is 1. The van der Waals surface area contributed by atoms with Crippen molar-refractivity contribution in [3.8, 4) is 5.75 Å². The van der Waals surface area contributed by atoms with E-state index in [-0.39, 0.29) is 25.0 Å². The highest BCUT2D eigenvalue weighted by molar-refractivity contribution is 6.32. The van der Waals surface area contributed by atoms with Gasteiger partial charge in [-0.15, -0.1) is 0 Å². The fourth-order valence-corrected chi connectivity index (χ4v) is 2.93. The summed E-state index contributed by atoms with van der Waals surface area (Å²) < 4.78 is 10.4. The molecule has 3 rings (SSSR count). The number of benzene rings is 2. The topological polar surface area (TPSA) is 72.9 Å². The first-order valence-corrected chi connectivity index (χ1v) is 8.94. The molecule has 0 unspecified atom stereocenters. The number of halogens is 1. The number of carbonyl (C=O) groups is 3. The number of nitrogens with zero attached hydrogens (tertiary/aromatic N) is 1. The maximum Gasteiger partial charge on any atom is 0.344 e. The Balaban J connectivity index is 1.35. The monoisotopic (exact) mass is 387 g/mol. The van der Waals surface area contributed by atoms with Gasteiger partial charge in [0.05, 0.1) is 22.8 Å². The van der Waals surface area contributed by atoms with E-state index in [1.807, 2.05) is 0 Å². The fraction of sp³-hybridized carbons (Fsp3) is 0.250. The fourth-order valence-electron chi connectivity index (χ4n) is 2.74. The Hall–Kier alpha value is -2.86. The number of rotatable bonds is 8. The van der Waals surface area contributed by atoms with E-state index in [0.29, 0.717) is 41.3 Å². The van der Waals surface area contributed by atoms with Crippen LogP contribution in [0.15, 0.2) is 48.5 Å². The minimum absolute atomic E-state index is 0.188. The average Bonchev–Trinajstić information content (AvgIpc) is 2.92. The summed E-state index contributed by atoms with van der Waals surface area (Å²) in [5, 5.41) is 0.422. The third-order valence-electron chi connectivity index (χ3n) is 4.10. The van der Waals surface area contributed by atoms with Crippen LogP contribution >= 0.6 is 11.6 Å². The van der Waals surface area contributed by atoms with Crippen LogP contribution in [0.2, 0.25) is 5.02 Å². The molecule has 0 aromatic heterocycles. The maximum atomic E-state index is 12.2. The molecular formula is C20H18ClNO5. The Kier molecular flexibility index (Phi) is 6.08. The number of ether oxygens (including phenoxy) is 2. The predicted octanol–water partition coefficient (Wildman–Crippen LogP) is 3.34. The van der Waals surface area contributed by atoms with Gasteiger partial charge in [-0.3, -0.25) is 14.5 Å². The largest absolute Gasteiger partial charge is 0.480 e. The molecule has 0 aliphatic carbocycles. The maximum absolute atomic E-state index is 12.2. The molecule has 0 saturated carbocycles. The van der Waals surface area contributed by atoms with E-state index in [1.165, 1.54) is 4.90 Å².